The highest BCUT2D eigenvalue weighted by atomic mass is 35.5. The van der Waals surface area contributed by atoms with Gasteiger partial charge >= 0.3 is 0 Å². The Morgan fingerprint density at radius 2 is 2.07 bits per heavy atom. The lowest BCUT2D eigenvalue weighted by molar-refractivity contribution is -0.133. The molecule has 0 fully saturated rings. The van der Waals surface area contributed by atoms with Crippen molar-refractivity contribution in [2.75, 3.05) is 19.6 Å². The average Bonchev–Trinajstić information content (AvgIpc) is 2.13. The number of alkyl halides is 2. The van der Waals surface area contributed by atoms with Crippen LogP contribution in [0.4, 0.5) is 8.78 Å². The van der Waals surface area contributed by atoms with Crippen LogP contribution in [0.15, 0.2) is 0 Å². The molecular weight excluding hydrogens is 226 g/mol. The predicted octanol–water partition coefficient (Wildman–Crippen LogP) is 1.65. The number of nitrogens with zero attached hydrogens (tertiary/aromatic N) is 1. The fourth-order valence-corrected chi connectivity index (χ4v) is 1.17. The van der Waals surface area contributed by atoms with Crippen LogP contribution >= 0.6 is 12.4 Å². The van der Waals surface area contributed by atoms with E-state index in [0.29, 0.717) is 25.9 Å². The lowest BCUT2D eigenvalue weighted by Gasteiger charge is -2.21. The summed E-state index contributed by atoms with van der Waals surface area (Å²) in [4.78, 5) is 12.6. The van der Waals surface area contributed by atoms with Crippen molar-refractivity contribution in [1.82, 2.24) is 4.90 Å². The summed E-state index contributed by atoms with van der Waals surface area (Å²) < 4.78 is 24.1. The smallest absolute Gasteiger partial charge is 0.255 e. The molecular formula is C9H19ClF2N2O. The number of carbonyl (C=O) groups excluding carboxylic acids is 1. The molecule has 0 radical (unpaired) electrons. The van der Waals surface area contributed by atoms with Gasteiger partial charge in [-0.05, 0) is 19.4 Å². The van der Waals surface area contributed by atoms with Gasteiger partial charge in [-0.25, -0.2) is 8.78 Å². The van der Waals surface area contributed by atoms with Gasteiger partial charge in [-0.2, -0.15) is 0 Å². The van der Waals surface area contributed by atoms with Gasteiger partial charge in [0.1, 0.15) is 0 Å². The van der Waals surface area contributed by atoms with Gasteiger partial charge in [-0.15, -0.1) is 12.4 Å². The minimum absolute atomic E-state index is 0. The summed E-state index contributed by atoms with van der Waals surface area (Å²) in [7, 11) is 0. The van der Waals surface area contributed by atoms with E-state index in [1.807, 2.05) is 6.92 Å². The quantitative estimate of drug-likeness (QED) is 0.740. The fourth-order valence-electron chi connectivity index (χ4n) is 1.17. The zero-order chi connectivity index (χ0) is 11.0. The zero-order valence-electron chi connectivity index (χ0n) is 8.92. The van der Waals surface area contributed by atoms with Crippen molar-refractivity contribution in [3.8, 4) is 0 Å². The fraction of sp³-hybridized carbons (Fsp3) is 0.889. The third-order valence-corrected chi connectivity index (χ3v) is 1.80. The number of amides is 1. The van der Waals surface area contributed by atoms with E-state index in [1.54, 1.807) is 0 Å². The second-order valence-corrected chi connectivity index (χ2v) is 3.12. The van der Waals surface area contributed by atoms with E-state index in [-0.39, 0.29) is 24.7 Å². The van der Waals surface area contributed by atoms with Gasteiger partial charge in [-0.1, -0.05) is 6.92 Å². The highest BCUT2D eigenvalue weighted by Crippen LogP contribution is 2.03. The summed E-state index contributed by atoms with van der Waals surface area (Å²) in [5.41, 5.74) is 5.23. The molecule has 0 saturated heterocycles. The van der Waals surface area contributed by atoms with E-state index in [1.165, 1.54) is 4.90 Å². The van der Waals surface area contributed by atoms with Gasteiger partial charge in [0.25, 0.3) is 6.43 Å². The van der Waals surface area contributed by atoms with Crippen molar-refractivity contribution < 1.29 is 13.6 Å². The van der Waals surface area contributed by atoms with Crippen LogP contribution < -0.4 is 5.73 Å². The van der Waals surface area contributed by atoms with Gasteiger partial charge in [0.2, 0.25) is 5.91 Å². The SMILES string of the molecule is CCCN(CC(F)F)C(=O)CCCN.Cl. The van der Waals surface area contributed by atoms with Gasteiger partial charge in [0, 0.05) is 13.0 Å². The molecule has 15 heavy (non-hydrogen) atoms. The summed E-state index contributed by atoms with van der Waals surface area (Å²) in [6, 6.07) is 0. The first kappa shape index (κ1) is 17.0. The van der Waals surface area contributed by atoms with E-state index in [9.17, 15) is 13.6 Å². The Bertz CT molecular complexity index is 170. The summed E-state index contributed by atoms with van der Waals surface area (Å²) in [6.45, 7) is 2.21. The van der Waals surface area contributed by atoms with Crippen molar-refractivity contribution in [3.63, 3.8) is 0 Å². The maximum atomic E-state index is 12.1. The number of hydrogen-bond acceptors (Lipinski definition) is 2. The lowest BCUT2D eigenvalue weighted by Crippen LogP contribution is -2.35. The molecule has 0 unspecified atom stereocenters. The summed E-state index contributed by atoms with van der Waals surface area (Å²) in [5, 5.41) is 0. The third kappa shape index (κ3) is 8.57. The van der Waals surface area contributed by atoms with Crippen molar-refractivity contribution >= 4 is 18.3 Å². The van der Waals surface area contributed by atoms with Gasteiger partial charge in [-0.3, -0.25) is 4.79 Å². The molecule has 0 saturated carbocycles. The number of hydrogen-bond donors (Lipinski definition) is 1. The standard InChI is InChI=1S/C9H18F2N2O.ClH/c1-2-6-13(7-8(10)11)9(14)4-3-5-12;/h8H,2-7,12H2,1H3;1H. The molecule has 1 amide bonds. The monoisotopic (exact) mass is 244 g/mol. The topological polar surface area (TPSA) is 46.3 Å². The number of nitrogens with two attached hydrogens (primary N) is 1. The van der Waals surface area contributed by atoms with Crippen LogP contribution in [0.1, 0.15) is 26.2 Å². The Morgan fingerprint density at radius 1 is 1.47 bits per heavy atom. The summed E-state index contributed by atoms with van der Waals surface area (Å²) in [5.74, 6) is -0.224. The van der Waals surface area contributed by atoms with Crippen LogP contribution in [-0.4, -0.2) is 36.9 Å². The minimum Gasteiger partial charge on any atom is -0.337 e. The molecule has 0 aliphatic heterocycles. The highest BCUT2D eigenvalue weighted by molar-refractivity contribution is 5.85. The van der Waals surface area contributed by atoms with E-state index in [2.05, 4.69) is 0 Å². The highest BCUT2D eigenvalue weighted by Gasteiger charge is 2.16. The van der Waals surface area contributed by atoms with Crippen LogP contribution in [-0.2, 0) is 4.79 Å². The molecule has 0 aliphatic carbocycles. The Hall–Kier alpha value is -0.420. The maximum absolute atomic E-state index is 12.1. The molecule has 0 aromatic rings. The molecule has 0 atom stereocenters. The minimum atomic E-state index is -2.46. The average molecular weight is 245 g/mol. The normalized spacial score (nSPS) is 9.93. The molecule has 0 rings (SSSR count). The van der Waals surface area contributed by atoms with Gasteiger partial charge in [0.15, 0.2) is 0 Å². The molecule has 0 bridgehead atoms. The third-order valence-electron chi connectivity index (χ3n) is 1.80. The molecule has 0 spiro atoms. The number of carbonyl (C=O) groups is 1. The Labute approximate surface area is 95.4 Å². The van der Waals surface area contributed by atoms with Crippen LogP contribution in [0.25, 0.3) is 0 Å². The van der Waals surface area contributed by atoms with E-state index in [0.717, 1.165) is 0 Å². The van der Waals surface area contributed by atoms with E-state index in [4.69, 9.17) is 5.73 Å². The van der Waals surface area contributed by atoms with Gasteiger partial charge < -0.3 is 10.6 Å². The number of rotatable bonds is 7. The second-order valence-electron chi connectivity index (χ2n) is 3.12. The Balaban J connectivity index is 0. The largest absolute Gasteiger partial charge is 0.337 e. The zero-order valence-corrected chi connectivity index (χ0v) is 9.73. The second kappa shape index (κ2) is 10.1. The maximum Gasteiger partial charge on any atom is 0.255 e. The summed E-state index contributed by atoms with van der Waals surface area (Å²) in [6.07, 6.45) is -0.935. The Morgan fingerprint density at radius 3 is 2.47 bits per heavy atom. The molecule has 0 heterocycles. The lowest BCUT2D eigenvalue weighted by atomic mass is 10.2. The van der Waals surface area contributed by atoms with Gasteiger partial charge in [0.05, 0.1) is 6.54 Å². The van der Waals surface area contributed by atoms with Crippen LogP contribution in [0.3, 0.4) is 0 Å². The van der Waals surface area contributed by atoms with Crippen LogP contribution in [0, 0.1) is 0 Å². The van der Waals surface area contributed by atoms with E-state index < -0.39 is 13.0 Å². The van der Waals surface area contributed by atoms with Crippen LogP contribution in [0.2, 0.25) is 0 Å². The first-order valence-corrected chi connectivity index (χ1v) is 4.87. The first-order chi connectivity index (χ1) is 6.61. The molecule has 0 aromatic carbocycles. The molecule has 6 heteroatoms. The van der Waals surface area contributed by atoms with Crippen molar-refractivity contribution in [2.45, 2.75) is 32.6 Å². The molecule has 92 valence electrons. The first-order valence-electron chi connectivity index (χ1n) is 4.87. The van der Waals surface area contributed by atoms with Crippen molar-refractivity contribution in [1.29, 1.82) is 0 Å². The molecule has 0 aromatic heterocycles. The molecule has 0 aliphatic rings. The predicted molar refractivity (Wildman–Crippen MR) is 58.4 cm³/mol. The number of halogens is 3. The van der Waals surface area contributed by atoms with Crippen molar-refractivity contribution in [3.05, 3.63) is 0 Å². The molecule has 3 nitrogen and oxygen atoms in total. The van der Waals surface area contributed by atoms with Crippen LogP contribution in [0.5, 0.6) is 0 Å². The summed E-state index contributed by atoms with van der Waals surface area (Å²) >= 11 is 0. The van der Waals surface area contributed by atoms with E-state index >= 15 is 0 Å². The Kier molecular flexibility index (Phi) is 11.5. The van der Waals surface area contributed by atoms with Crippen molar-refractivity contribution in [2.24, 2.45) is 5.73 Å². The molecule has 2 N–H and O–H groups in total.